The zero-order valence-corrected chi connectivity index (χ0v) is 14.8. The number of rotatable bonds is 1. The third kappa shape index (κ3) is 8.12. The van der Waals surface area contributed by atoms with Crippen LogP contribution in [0.2, 0.25) is 0 Å². The zero-order valence-electron chi connectivity index (χ0n) is 13.8. The highest BCUT2D eigenvalue weighted by Gasteiger charge is 2.33. The number of piperazine rings is 1. The Balaban J connectivity index is 0. The number of amides is 1. The fraction of sp³-hybridized carbons (Fsp3) is 0.588. The van der Waals surface area contributed by atoms with Gasteiger partial charge in [0.05, 0.1) is 19.3 Å². The second kappa shape index (κ2) is 14.2. The minimum Gasteiger partial charge on any atom is -0.392 e. The number of ether oxygens (including phenoxy) is 1. The molecule has 1 amide bonds. The number of benzene rings is 1. The molecule has 0 aliphatic carbocycles. The zero-order chi connectivity index (χ0) is 16.4. The molecule has 2 N–H and O–H groups in total. The van der Waals surface area contributed by atoms with E-state index in [2.05, 4.69) is 0 Å². The summed E-state index contributed by atoms with van der Waals surface area (Å²) in [7, 11) is 0. The number of morpholine rings is 1. The first-order chi connectivity index (χ1) is 10.7. The van der Waals surface area contributed by atoms with Crippen LogP contribution in [0.5, 0.6) is 0 Å². The van der Waals surface area contributed by atoms with Crippen LogP contribution in [0.15, 0.2) is 30.3 Å². The predicted octanol–water partition coefficient (Wildman–Crippen LogP) is 1.87. The van der Waals surface area contributed by atoms with E-state index in [4.69, 9.17) is 9.84 Å². The van der Waals surface area contributed by atoms with Crippen LogP contribution < -0.4 is 0 Å². The van der Waals surface area contributed by atoms with E-state index in [1.54, 1.807) is 4.90 Å². The van der Waals surface area contributed by atoms with E-state index in [-0.39, 0.29) is 46.1 Å². The third-order valence-corrected chi connectivity index (χ3v) is 3.34. The Morgan fingerprint density at radius 1 is 1.21 bits per heavy atom. The summed E-state index contributed by atoms with van der Waals surface area (Å²) in [6.45, 7) is 6.54. The van der Waals surface area contributed by atoms with Gasteiger partial charge in [-0.2, -0.15) is 18.6 Å². The van der Waals surface area contributed by atoms with Crippen LogP contribution in [-0.2, 0) is 16.1 Å². The normalized spacial score (nSPS) is 19.2. The second-order valence-electron chi connectivity index (χ2n) is 4.81. The lowest BCUT2D eigenvalue weighted by Crippen LogP contribution is -2.59. The van der Waals surface area contributed by atoms with Crippen molar-refractivity contribution >= 4 is 19.4 Å². The Kier molecular flexibility index (Phi) is 14.9. The monoisotopic (exact) mass is 360 g/mol. The molecule has 7 heteroatoms. The van der Waals surface area contributed by atoms with Crippen LogP contribution in [-0.4, -0.2) is 65.1 Å². The average molecular weight is 361 g/mol. The van der Waals surface area contributed by atoms with Crippen LogP contribution >= 0.6 is 13.5 Å². The molecule has 0 aromatic heterocycles. The first-order valence-electron chi connectivity index (χ1n) is 7.66. The molecule has 0 radical (unpaired) electrons. The minimum atomic E-state index is 0. The molecule has 0 saturated carbocycles. The van der Waals surface area contributed by atoms with Gasteiger partial charge in [-0.15, -0.1) is 0 Å². The molecule has 2 heterocycles. The van der Waals surface area contributed by atoms with Crippen molar-refractivity contribution in [3.8, 4) is 0 Å². The molecule has 6 nitrogen and oxygen atoms in total. The molecule has 1 aromatic carbocycles. The number of carbonyl (C=O) groups is 1. The molecule has 0 spiro atoms. The van der Waals surface area contributed by atoms with E-state index in [0.29, 0.717) is 26.2 Å². The number of aliphatic hydroxyl groups excluding tert-OH is 1. The van der Waals surface area contributed by atoms with Gasteiger partial charge in [-0.25, -0.2) is 0 Å². The Hall–Kier alpha value is -1.12. The average Bonchev–Trinajstić information content (AvgIpc) is 2.58. The molecule has 0 unspecified atom stereocenters. The smallest absolute Gasteiger partial charge is 0.248 e. The molecule has 3 rings (SSSR count). The Bertz CT molecular complexity index is 434. The summed E-state index contributed by atoms with van der Waals surface area (Å²) in [5.41, 5.74) is 0.965. The van der Waals surface area contributed by atoms with Gasteiger partial charge in [-0.1, -0.05) is 51.6 Å². The van der Waals surface area contributed by atoms with E-state index >= 15 is 0 Å². The number of hydrogen-bond acceptors (Lipinski definition) is 5. The molecule has 1 aromatic rings. The second-order valence-corrected chi connectivity index (χ2v) is 4.81. The molecule has 0 bridgehead atoms. The summed E-state index contributed by atoms with van der Waals surface area (Å²) in [5, 5.41) is 19.0. The highest BCUT2D eigenvalue weighted by molar-refractivity contribution is 7.59. The lowest BCUT2D eigenvalue weighted by atomic mass is 10.2. The van der Waals surface area contributed by atoms with Crippen LogP contribution in [0.3, 0.4) is 0 Å². The number of hydroxylamine groups is 2. The SMILES string of the molecule is C.CC.O=C1COC[C@@H]2CN(O)CCN12.OCc1ccccc1.S. The van der Waals surface area contributed by atoms with Gasteiger partial charge >= 0.3 is 0 Å². The van der Waals surface area contributed by atoms with Crippen molar-refractivity contribution in [2.24, 2.45) is 0 Å². The number of fused-ring (bicyclic) bond motifs is 1. The molecular formula is C17H32N2O4S. The maximum absolute atomic E-state index is 11.2. The van der Waals surface area contributed by atoms with Crippen molar-refractivity contribution in [1.82, 2.24) is 9.96 Å². The van der Waals surface area contributed by atoms with Gasteiger partial charge in [0.1, 0.15) is 6.61 Å². The van der Waals surface area contributed by atoms with Crippen LogP contribution in [0.25, 0.3) is 0 Å². The van der Waals surface area contributed by atoms with E-state index in [0.717, 1.165) is 5.56 Å². The van der Waals surface area contributed by atoms with Crippen LogP contribution in [0.4, 0.5) is 0 Å². The molecule has 2 fully saturated rings. The number of carbonyl (C=O) groups excluding carboxylic acids is 1. The van der Waals surface area contributed by atoms with Crippen molar-refractivity contribution in [2.45, 2.75) is 33.9 Å². The molecule has 2 aliphatic heterocycles. The van der Waals surface area contributed by atoms with Gasteiger partial charge in [0, 0.05) is 19.6 Å². The van der Waals surface area contributed by atoms with Crippen molar-refractivity contribution in [1.29, 1.82) is 0 Å². The Morgan fingerprint density at radius 2 is 1.83 bits per heavy atom. The summed E-state index contributed by atoms with van der Waals surface area (Å²) in [5.74, 6) is 0.0411. The van der Waals surface area contributed by atoms with Crippen molar-refractivity contribution < 1.29 is 19.8 Å². The van der Waals surface area contributed by atoms with Gasteiger partial charge < -0.3 is 20.0 Å². The highest BCUT2D eigenvalue weighted by atomic mass is 32.1. The summed E-state index contributed by atoms with van der Waals surface area (Å²) in [4.78, 5) is 13.0. The quantitative estimate of drug-likeness (QED) is 0.800. The third-order valence-electron chi connectivity index (χ3n) is 3.34. The van der Waals surface area contributed by atoms with Crippen LogP contribution in [0.1, 0.15) is 26.8 Å². The summed E-state index contributed by atoms with van der Waals surface area (Å²) in [6.07, 6.45) is 0. The number of nitrogens with zero attached hydrogens (tertiary/aromatic N) is 2. The molecule has 1 atom stereocenters. The topological polar surface area (TPSA) is 73.2 Å². The molecule has 24 heavy (non-hydrogen) atoms. The predicted molar refractivity (Wildman–Crippen MR) is 101 cm³/mol. The lowest BCUT2D eigenvalue weighted by Gasteiger charge is -2.41. The van der Waals surface area contributed by atoms with Crippen molar-refractivity contribution in [3.63, 3.8) is 0 Å². The lowest BCUT2D eigenvalue weighted by molar-refractivity contribution is -0.175. The maximum atomic E-state index is 11.2. The summed E-state index contributed by atoms with van der Waals surface area (Å²) in [6, 6.07) is 9.57. The van der Waals surface area contributed by atoms with Gasteiger partial charge in [-0.3, -0.25) is 4.79 Å². The molecular weight excluding hydrogens is 328 g/mol. The van der Waals surface area contributed by atoms with Gasteiger partial charge in [-0.05, 0) is 5.56 Å². The van der Waals surface area contributed by atoms with Crippen molar-refractivity contribution in [2.75, 3.05) is 32.8 Å². The fourth-order valence-electron chi connectivity index (χ4n) is 2.26. The standard InChI is InChI=1S/C7H12N2O3.C7H8O.C2H6.CH4.H2S/c10-7-5-12-4-6-3-8(11)1-2-9(6)7;8-6-7-4-2-1-3-5-7;1-2;;/h6,11H,1-5H2;1-5,8H,6H2;1-2H3;1H4;1H2/t6-;;;;/m0..../s1. The minimum absolute atomic E-state index is 0. The largest absolute Gasteiger partial charge is 0.392 e. The Labute approximate surface area is 152 Å². The molecule has 2 saturated heterocycles. The fourth-order valence-corrected chi connectivity index (χ4v) is 2.26. The van der Waals surface area contributed by atoms with Crippen LogP contribution in [0, 0.1) is 0 Å². The van der Waals surface area contributed by atoms with Gasteiger partial charge in [0.25, 0.3) is 0 Å². The van der Waals surface area contributed by atoms with E-state index < -0.39 is 0 Å². The number of hydrogen-bond donors (Lipinski definition) is 2. The first-order valence-corrected chi connectivity index (χ1v) is 7.66. The molecule has 2 aliphatic rings. The Morgan fingerprint density at radius 3 is 2.38 bits per heavy atom. The highest BCUT2D eigenvalue weighted by Crippen LogP contribution is 2.12. The first kappa shape index (κ1) is 25.1. The number of aliphatic hydroxyl groups is 1. The van der Waals surface area contributed by atoms with Crippen molar-refractivity contribution in [3.05, 3.63) is 35.9 Å². The maximum Gasteiger partial charge on any atom is 0.248 e. The summed E-state index contributed by atoms with van der Waals surface area (Å²) < 4.78 is 5.07. The van der Waals surface area contributed by atoms with E-state index in [9.17, 15) is 10.0 Å². The summed E-state index contributed by atoms with van der Waals surface area (Å²) >= 11 is 0. The van der Waals surface area contributed by atoms with E-state index in [1.165, 1.54) is 5.06 Å². The molecule has 140 valence electrons. The van der Waals surface area contributed by atoms with Gasteiger partial charge in [0.15, 0.2) is 0 Å². The van der Waals surface area contributed by atoms with Gasteiger partial charge in [0.2, 0.25) is 5.91 Å². The van der Waals surface area contributed by atoms with E-state index in [1.807, 2.05) is 44.2 Å².